The normalized spacial score (nSPS) is 11.8. The molecule has 1 heterocycles. The maximum absolute atomic E-state index is 13.0. The Labute approximate surface area is 136 Å². The molecule has 7 heteroatoms. The maximum Gasteiger partial charge on any atom is 0.247 e. The van der Waals surface area contributed by atoms with Crippen molar-refractivity contribution in [3.63, 3.8) is 0 Å². The largest absolute Gasteiger partial charge is 0.492 e. The highest BCUT2D eigenvalue weighted by atomic mass is 32.2. The van der Waals surface area contributed by atoms with Gasteiger partial charge in [-0.3, -0.25) is 0 Å². The molecule has 0 saturated carbocycles. The Morgan fingerprint density at radius 2 is 2.00 bits per heavy atom. The molecule has 2 rings (SSSR count). The van der Waals surface area contributed by atoms with Crippen LogP contribution in [-0.2, 0) is 21.3 Å². The molecule has 0 aliphatic carbocycles. The molecule has 6 nitrogen and oxygen atoms in total. The lowest BCUT2D eigenvalue weighted by molar-refractivity contribution is 0.177. The van der Waals surface area contributed by atoms with Gasteiger partial charge in [0.2, 0.25) is 10.0 Å². The zero-order valence-electron chi connectivity index (χ0n) is 13.3. The van der Waals surface area contributed by atoms with Gasteiger partial charge in [0.25, 0.3) is 0 Å². The first-order valence-corrected chi connectivity index (χ1v) is 8.75. The molecule has 0 N–H and O–H groups in total. The van der Waals surface area contributed by atoms with Crippen LogP contribution >= 0.6 is 0 Å². The second-order valence-corrected chi connectivity index (χ2v) is 6.75. The van der Waals surface area contributed by atoms with Crippen LogP contribution in [0.15, 0.2) is 52.2 Å². The number of benzene rings is 1. The number of rotatable bonds is 9. The fraction of sp³-hybridized carbons (Fsp3) is 0.375. The molecule has 2 aromatic rings. The standard InChI is InChI=1S/C16H21NO5S/c1-3-22-15-6-4-5-7-16(15)23(18,19)17(9-11-20-2)12-14-8-10-21-13-14/h4-8,10,13H,3,9,11-12H2,1-2H3. The molecule has 1 aromatic heterocycles. The van der Waals surface area contributed by atoms with Gasteiger partial charge in [-0.05, 0) is 25.1 Å². The van der Waals surface area contributed by atoms with Crippen LogP contribution in [0.4, 0.5) is 0 Å². The Kier molecular flexibility index (Phi) is 6.20. The van der Waals surface area contributed by atoms with Crippen molar-refractivity contribution in [2.75, 3.05) is 26.9 Å². The van der Waals surface area contributed by atoms with Crippen molar-refractivity contribution in [2.24, 2.45) is 0 Å². The van der Waals surface area contributed by atoms with Gasteiger partial charge in [0, 0.05) is 25.8 Å². The van der Waals surface area contributed by atoms with Gasteiger partial charge in [-0.2, -0.15) is 4.31 Å². The highest BCUT2D eigenvalue weighted by molar-refractivity contribution is 7.89. The molecule has 0 aliphatic rings. The Morgan fingerprint density at radius 1 is 1.22 bits per heavy atom. The maximum atomic E-state index is 13.0. The minimum atomic E-state index is -3.72. The first-order valence-electron chi connectivity index (χ1n) is 7.31. The van der Waals surface area contributed by atoms with Gasteiger partial charge in [0.1, 0.15) is 10.6 Å². The van der Waals surface area contributed by atoms with E-state index >= 15 is 0 Å². The fourth-order valence-corrected chi connectivity index (χ4v) is 3.68. The van der Waals surface area contributed by atoms with E-state index in [1.165, 1.54) is 23.9 Å². The van der Waals surface area contributed by atoms with Crippen LogP contribution < -0.4 is 4.74 Å². The molecule has 0 atom stereocenters. The van der Waals surface area contributed by atoms with Crippen molar-refractivity contribution in [3.8, 4) is 5.75 Å². The highest BCUT2D eigenvalue weighted by Crippen LogP contribution is 2.27. The average molecular weight is 339 g/mol. The zero-order chi connectivity index (χ0) is 16.7. The Hall–Kier alpha value is -1.83. The Morgan fingerprint density at radius 3 is 2.65 bits per heavy atom. The summed E-state index contributed by atoms with van der Waals surface area (Å²) in [7, 11) is -2.18. The highest BCUT2D eigenvalue weighted by Gasteiger charge is 2.27. The molecule has 0 bridgehead atoms. The van der Waals surface area contributed by atoms with E-state index in [0.29, 0.717) is 19.0 Å². The van der Waals surface area contributed by atoms with Crippen LogP contribution in [0.3, 0.4) is 0 Å². The second-order valence-electron chi connectivity index (χ2n) is 4.84. The number of nitrogens with zero attached hydrogens (tertiary/aromatic N) is 1. The smallest absolute Gasteiger partial charge is 0.247 e. The fourth-order valence-electron chi connectivity index (χ4n) is 2.14. The van der Waals surface area contributed by atoms with Gasteiger partial charge in [-0.25, -0.2) is 8.42 Å². The number of ether oxygens (including phenoxy) is 2. The second kappa shape index (κ2) is 8.14. The molecule has 0 aliphatic heterocycles. The van der Waals surface area contributed by atoms with Crippen LogP contribution in [0.5, 0.6) is 5.75 Å². The molecule has 126 valence electrons. The van der Waals surface area contributed by atoms with E-state index < -0.39 is 10.0 Å². The molecule has 0 fully saturated rings. The SMILES string of the molecule is CCOc1ccccc1S(=O)(=O)N(CCOC)Cc1ccoc1. The van der Waals surface area contributed by atoms with Crippen molar-refractivity contribution in [2.45, 2.75) is 18.4 Å². The van der Waals surface area contributed by atoms with Gasteiger partial charge in [0.15, 0.2) is 0 Å². The van der Waals surface area contributed by atoms with Crippen LogP contribution in [0.1, 0.15) is 12.5 Å². The minimum Gasteiger partial charge on any atom is -0.492 e. The minimum absolute atomic E-state index is 0.154. The lowest BCUT2D eigenvalue weighted by Gasteiger charge is -2.22. The van der Waals surface area contributed by atoms with E-state index in [-0.39, 0.29) is 18.0 Å². The molecule has 0 saturated heterocycles. The predicted octanol–water partition coefficient (Wildman–Crippen LogP) is 2.52. The van der Waals surface area contributed by atoms with Crippen molar-refractivity contribution in [3.05, 3.63) is 48.4 Å². The summed E-state index contributed by atoms with van der Waals surface area (Å²) in [5.74, 6) is 0.351. The van der Waals surface area contributed by atoms with Gasteiger partial charge in [-0.15, -0.1) is 0 Å². The Balaban J connectivity index is 2.35. The third-order valence-electron chi connectivity index (χ3n) is 3.25. The number of para-hydroxylation sites is 1. The van der Waals surface area contributed by atoms with Gasteiger partial charge >= 0.3 is 0 Å². The number of sulfonamides is 1. The molecule has 1 aromatic carbocycles. The molecule has 0 spiro atoms. The number of hydrogen-bond acceptors (Lipinski definition) is 5. The van der Waals surface area contributed by atoms with Crippen LogP contribution in [0, 0.1) is 0 Å². The third kappa shape index (κ3) is 4.34. The summed E-state index contributed by atoms with van der Waals surface area (Å²) in [5.41, 5.74) is 0.776. The summed E-state index contributed by atoms with van der Waals surface area (Å²) in [5, 5.41) is 0. The summed E-state index contributed by atoms with van der Waals surface area (Å²) in [4.78, 5) is 0.154. The summed E-state index contributed by atoms with van der Waals surface area (Å²) in [6, 6.07) is 8.38. The summed E-state index contributed by atoms with van der Waals surface area (Å²) < 4.78 is 42.9. The van der Waals surface area contributed by atoms with Gasteiger partial charge in [0.05, 0.1) is 25.7 Å². The Bertz CT molecular complexity index is 697. The number of methoxy groups -OCH3 is 1. The molecule has 0 radical (unpaired) electrons. The van der Waals surface area contributed by atoms with E-state index in [0.717, 1.165) is 5.56 Å². The monoisotopic (exact) mass is 339 g/mol. The van der Waals surface area contributed by atoms with Crippen LogP contribution in [0.2, 0.25) is 0 Å². The first-order chi connectivity index (χ1) is 11.1. The quantitative estimate of drug-likeness (QED) is 0.702. The lowest BCUT2D eigenvalue weighted by atomic mass is 10.3. The lowest BCUT2D eigenvalue weighted by Crippen LogP contribution is -2.33. The van der Waals surface area contributed by atoms with Crippen molar-refractivity contribution >= 4 is 10.0 Å². The average Bonchev–Trinajstić information content (AvgIpc) is 3.05. The van der Waals surface area contributed by atoms with E-state index in [1.807, 2.05) is 6.92 Å². The zero-order valence-corrected chi connectivity index (χ0v) is 14.1. The first kappa shape index (κ1) is 17.5. The van der Waals surface area contributed by atoms with E-state index in [2.05, 4.69) is 0 Å². The molecule has 0 amide bonds. The van der Waals surface area contributed by atoms with Gasteiger partial charge < -0.3 is 13.9 Å². The predicted molar refractivity (Wildman–Crippen MR) is 85.8 cm³/mol. The number of hydrogen-bond donors (Lipinski definition) is 0. The van der Waals surface area contributed by atoms with Crippen molar-refractivity contribution < 1.29 is 22.3 Å². The third-order valence-corrected chi connectivity index (χ3v) is 5.14. The van der Waals surface area contributed by atoms with E-state index in [9.17, 15) is 8.42 Å². The van der Waals surface area contributed by atoms with Gasteiger partial charge in [-0.1, -0.05) is 12.1 Å². The molecular formula is C16H21NO5S. The van der Waals surface area contributed by atoms with Crippen LogP contribution in [-0.4, -0.2) is 39.6 Å². The summed E-state index contributed by atoms with van der Waals surface area (Å²) in [6.45, 7) is 2.96. The molecule has 23 heavy (non-hydrogen) atoms. The van der Waals surface area contributed by atoms with Crippen LogP contribution in [0.25, 0.3) is 0 Å². The van der Waals surface area contributed by atoms with Crippen molar-refractivity contribution in [1.29, 1.82) is 0 Å². The van der Waals surface area contributed by atoms with E-state index in [4.69, 9.17) is 13.9 Å². The number of furan rings is 1. The summed E-state index contributed by atoms with van der Waals surface area (Å²) >= 11 is 0. The topological polar surface area (TPSA) is 69.0 Å². The molecular weight excluding hydrogens is 318 g/mol. The van der Waals surface area contributed by atoms with E-state index in [1.54, 1.807) is 30.3 Å². The van der Waals surface area contributed by atoms with Crippen molar-refractivity contribution in [1.82, 2.24) is 4.31 Å². The summed E-state index contributed by atoms with van der Waals surface area (Å²) in [6.07, 6.45) is 3.05. The molecule has 0 unspecified atom stereocenters.